The predicted molar refractivity (Wildman–Crippen MR) is 108 cm³/mol. The fraction of sp³-hybridized carbons (Fsp3) is 0.400. The highest BCUT2D eigenvalue weighted by Gasteiger charge is 2.19. The van der Waals surface area contributed by atoms with Crippen LogP contribution in [-0.4, -0.2) is 53.8 Å². The molecule has 152 valence electrons. The van der Waals surface area contributed by atoms with Gasteiger partial charge in [-0.25, -0.2) is 8.42 Å². The van der Waals surface area contributed by atoms with Crippen molar-refractivity contribution in [2.45, 2.75) is 23.8 Å². The molecule has 0 atom stereocenters. The zero-order chi connectivity index (χ0) is 20.1. The molecule has 0 unspecified atom stereocenters. The summed E-state index contributed by atoms with van der Waals surface area (Å²) in [6.45, 7) is 2.04. The van der Waals surface area contributed by atoms with E-state index in [1.807, 2.05) is 0 Å². The van der Waals surface area contributed by atoms with Crippen LogP contribution in [0.4, 0.5) is 5.69 Å². The lowest BCUT2D eigenvalue weighted by atomic mass is 10.1. The molecule has 0 bridgehead atoms. The van der Waals surface area contributed by atoms with Crippen LogP contribution < -0.4 is 18.9 Å². The van der Waals surface area contributed by atoms with Crippen molar-refractivity contribution in [1.29, 1.82) is 0 Å². The fourth-order valence-electron chi connectivity index (χ4n) is 3.09. The van der Waals surface area contributed by atoms with Crippen LogP contribution >= 0.6 is 0 Å². The van der Waals surface area contributed by atoms with Gasteiger partial charge in [0.25, 0.3) is 10.0 Å². The van der Waals surface area contributed by atoms with Gasteiger partial charge in [0.05, 0.1) is 19.1 Å². The van der Waals surface area contributed by atoms with Crippen LogP contribution in [0.15, 0.2) is 47.4 Å². The quantitative estimate of drug-likeness (QED) is 0.762. The molecule has 0 spiro atoms. The van der Waals surface area contributed by atoms with Crippen LogP contribution in [0.25, 0.3) is 0 Å². The Hall–Kier alpha value is -2.45. The van der Waals surface area contributed by atoms with Gasteiger partial charge < -0.3 is 19.1 Å². The molecule has 0 radical (unpaired) electrons. The van der Waals surface area contributed by atoms with Gasteiger partial charge in [-0.05, 0) is 56.3 Å². The fourth-order valence-corrected chi connectivity index (χ4v) is 4.17. The minimum absolute atomic E-state index is 0.0943. The highest BCUT2D eigenvalue weighted by atomic mass is 32.2. The maximum atomic E-state index is 12.7. The van der Waals surface area contributed by atoms with Crippen molar-refractivity contribution in [3.05, 3.63) is 42.5 Å². The third kappa shape index (κ3) is 4.88. The molecular formula is C20H26N2O5S. The average molecular weight is 407 g/mol. The summed E-state index contributed by atoms with van der Waals surface area (Å²) in [5.41, 5.74) is 0.463. The summed E-state index contributed by atoms with van der Waals surface area (Å²) in [4.78, 5) is 2.38. The number of ether oxygens (including phenoxy) is 3. The van der Waals surface area contributed by atoms with Crippen LogP contribution in [0, 0.1) is 0 Å². The van der Waals surface area contributed by atoms with Crippen molar-refractivity contribution in [2.75, 3.05) is 39.1 Å². The number of hydrogen-bond acceptors (Lipinski definition) is 6. The molecule has 2 aromatic carbocycles. The number of likely N-dealkylation sites (tertiary alicyclic amines) is 1. The standard InChI is InChI=1S/C20H26N2O5S/c1-22-12-10-17(11-13-22)27-16-6-4-15(5-7-16)21-28(23,24)18-8-9-19(25-2)20(14-18)26-3/h4-9,14,17,21H,10-13H2,1-3H3. The summed E-state index contributed by atoms with van der Waals surface area (Å²) in [6.07, 6.45) is 2.18. The Labute approximate surface area is 166 Å². The van der Waals surface area contributed by atoms with Gasteiger partial charge in [0.2, 0.25) is 0 Å². The number of hydrogen-bond donors (Lipinski definition) is 1. The van der Waals surface area contributed by atoms with Crippen molar-refractivity contribution < 1.29 is 22.6 Å². The molecule has 8 heteroatoms. The molecule has 3 rings (SSSR count). The molecule has 1 N–H and O–H groups in total. The summed E-state index contributed by atoms with van der Waals surface area (Å²) >= 11 is 0. The Morgan fingerprint density at radius 1 is 0.964 bits per heavy atom. The number of anilines is 1. The molecular weight excluding hydrogens is 380 g/mol. The van der Waals surface area contributed by atoms with E-state index in [1.54, 1.807) is 30.3 Å². The van der Waals surface area contributed by atoms with Gasteiger partial charge in [-0.15, -0.1) is 0 Å². The molecule has 2 aromatic rings. The van der Waals surface area contributed by atoms with Crippen molar-refractivity contribution in [1.82, 2.24) is 4.90 Å². The van der Waals surface area contributed by atoms with Gasteiger partial charge >= 0.3 is 0 Å². The Morgan fingerprint density at radius 3 is 2.21 bits per heavy atom. The van der Waals surface area contributed by atoms with E-state index < -0.39 is 10.0 Å². The first-order valence-corrected chi connectivity index (χ1v) is 10.6. The maximum Gasteiger partial charge on any atom is 0.262 e. The SMILES string of the molecule is COc1ccc(S(=O)(=O)Nc2ccc(OC3CCN(C)CC3)cc2)cc1OC. The summed E-state index contributed by atoms with van der Waals surface area (Å²) < 4.78 is 44.2. The molecule has 1 saturated heterocycles. The maximum absolute atomic E-state index is 12.7. The number of nitrogens with zero attached hydrogens (tertiary/aromatic N) is 1. The molecule has 1 heterocycles. The summed E-state index contributed by atoms with van der Waals surface area (Å²) in [6, 6.07) is 11.4. The van der Waals surface area contributed by atoms with Crippen molar-refractivity contribution in [3.8, 4) is 17.2 Å². The first kappa shape index (κ1) is 20.3. The van der Waals surface area contributed by atoms with E-state index in [0.717, 1.165) is 31.7 Å². The average Bonchev–Trinajstić information content (AvgIpc) is 2.70. The largest absolute Gasteiger partial charge is 0.493 e. The summed E-state index contributed by atoms with van der Waals surface area (Å²) in [7, 11) is 1.32. The van der Waals surface area contributed by atoms with Crippen LogP contribution in [0.5, 0.6) is 17.2 Å². The molecule has 7 nitrogen and oxygen atoms in total. The van der Waals surface area contributed by atoms with Crippen molar-refractivity contribution in [3.63, 3.8) is 0 Å². The molecule has 1 aliphatic rings. The summed E-state index contributed by atoms with van der Waals surface area (Å²) in [5, 5.41) is 0. The third-order valence-electron chi connectivity index (χ3n) is 4.74. The first-order chi connectivity index (χ1) is 13.4. The highest BCUT2D eigenvalue weighted by Crippen LogP contribution is 2.30. The number of nitrogens with one attached hydrogen (secondary N) is 1. The van der Waals surface area contributed by atoms with Gasteiger partial charge in [0, 0.05) is 24.8 Å². The number of methoxy groups -OCH3 is 2. The molecule has 0 saturated carbocycles. The predicted octanol–water partition coefficient (Wildman–Crippen LogP) is 2.98. The third-order valence-corrected chi connectivity index (χ3v) is 6.12. The first-order valence-electron chi connectivity index (χ1n) is 9.11. The van der Waals surface area contributed by atoms with Gasteiger partial charge in [-0.2, -0.15) is 0 Å². The second kappa shape index (κ2) is 8.70. The molecule has 28 heavy (non-hydrogen) atoms. The molecule has 0 aromatic heterocycles. The topological polar surface area (TPSA) is 77.1 Å². The number of benzene rings is 2. The highest BCUT2D eigenvalue weighted by molar-refractivity contribution is 7.92. The lowest BCUT2D eigenvalue weighted by Gasteiger charge is -2.29. The second-order valence-electron chi connectivity index (χ2n) is 6.77. The Bertz CT molecular complexity index is 891. The lowest BCUT2D eigenvalue weighted by Crippen LogP contribution is -2.35. The van der Waals surface area contributed by atoms with E-state index in [0.29, 0.717) is 17.2 Å². The molecule has 0 aliphatic carbocycles. The van der Waals surface area contributed by atoms with Crippen molar-refractivity contribution >= 4 is 15.7 Å². The van der Waals surface area contributed by atoms with Gasteiger partial charge in [-0.1, -0.05) is 0 Å². The van der Waals surface area contributed by atoms with Gasteiger partial charge in [-0.3, -0.25) is 4.72 Å². The van der Waals surface area contributed by atoms with E-state index in [9.17, 15) is 8.42 Å². The minimum Gasteiger partial charge on any atom is -0.493 e. The number of piperidine rings is 1. The molecule has 1 aliphatic heterocycles. The van der Waals surface area contributed by atoms with Gasteiger partial charge in [0.15, 0.2) is 11.5 Å². The molecule has 1 fully saturated rings. The molecule has 0 amide bonds. The van der Waals surface area contributed by atoms with E-state index in [-0.39, 0.29) is 11.0 Å². The van der Waals surface area contributed by atoms with Crippen LogP contribution in [-0.2, 0) is 10.0 Å². The van der Waals surface area contributed by atoms with Crippen LogP contribution in [0.3, 0.4) is 0 Å². The zero-order valence-corrected chi connectivity index (χ0v) is 17.2. The Kier molecular flexibility index (Phi) is 6.31. The minimum atomic E-state index is -3.75. The van der Waals surface area contributed by atoms with Crippen LogP contribution in [0.2, 0.25) is 0 Å². The second-order valence-corrected chi connectivity index (χ2v) is 8.45. The van der Waals surface area contributed by atoms with Crippen LogP contribution in [0.1, 0.15) is 12.8 Å². The van der Waals surface area contributed by atoms with E-state index in [2.05, 4.69) is 16.7 Å². The Morgan fingerprint density at radius 2 is 1.61 bits per heavy atom. The number of sulfonamides is 1. The van der Waals surface area contributed by atoms with E-state index >= 15 is 0 Å². The zero-order valence-electron chi connectivity index (χ0n) is 16.3. The smallest absolute Gasteiger partial charge is 0.262 e. The monoisotopic (exact) mass is 406 g/mol. The normalized spacial score (nSPS) is 15.8. The van der Waals surface area contributed by atoms with E-state index in [4.69, 9.17) is 14.2 Å². The lowest BCUT2D eigenvalue weighted by molar-refractivity contribution is 0.114. The van der Waals surface area contributed by atoms with Gasteiger partial charge in [0.1, 0.15) is 11.9 Å². The number of rotatable bonds is 7. The van der Waals surface area contributed by atoms with E-state index in [1.165, 1.54) is 26.4 Å². The summed E-state index contributed by atoms with van der Waals surface area (Å²) in [5.74, 6) is 1.56. The van der Waals surface area contributed by atoms with Crippen molar-refractivity contribution in [2.24, 2.45) is 0 Å². The Balaban J connectivity index is 1.67.